The lowest BCUT2D eigenvalue weighted by Crippen LogP contribution is -2.17. The van der Waals surface area contributed by atoms with Gasteiger partial charge in [0, 0.05) is 51.4 Å². The van der Waals surface area contributed by atoms with Gasteiger partial charge < -0.3 is 0 Å². The molecule has 77 heavy (non-hydrogen) atoms. The highest BCUT2D eigenvalue weighted by atomic mass is 19.1. The van der Waals surface area contributed by atoms with Gasteiger partial charge in [-0.15, -0.1) is 0 Å². The van der Waals surface area contributed by atoms with Crippen molar-refractivity contribution in [2.24, 2.45) is 0 Å². The maximum atomic E-state index is 14.1. The highest BCUT2D eigenvalue weighted by Gasteiger charge is 2.39. The predicted octanol–water partition coefficient (Wildman–Crippen LogP) is 19.0. The van der Waals surface area contributed by atoms with E-state index in [1.165, 1.54) is 102 Å². The largest absolute Gasteiger partial charge is 0.295 e. The first-order valence-electron chi connectivity index (χ1n) is 26.4. The lowest BCUT2D eigenvalue weighted by molar-refractivity contribution is 0.627. The van der Waals surface area contributed by atoms with Crippen molar-refractivity contribution in [3.63, 3.8) is 0 Å². The van der Waals surface area contributed by atoms with Gasteiger partial charge in [-0.25, -0.2) is 18.7 Å². The third kappa shape index (κ3) is 8.10. The summed E-state index contributed by atoms with van der Waals surface area (Å²) in [5.74, 6) is 0.999. The first-order chi connectivity index (χ1) is 37.2. The number of nitrogens with zero attached hydrogens (tertiary/aromatic N) is 4. The van der Waals surface area contributed by atoms with Crippen LogP contribution in [0.4, 0.5) is 43.2 Å². The summed E-state index contributed by atoms with van der Waals surface area (Å²) in [5, 5.41) is 0. The number of anilines is 6. The van der Waals surface area contributed by atoms with Gasteiger partial charge >= 0.3 is 0 Å². The van der Waals surface area contributed by atoms with E-state index in [1.807, 2.05) is 36.4 Å². The van der Waals surface area contributed by atoms with E-state index in [1.54, 1.807) is 36.7 Å². The van der Waals surface area contributed by atoms with Crippen LogP contribution >= 0.6 is 0 Å². The molecular weight excluding hydrogens is 947 g/mol. The summed E-state index contributed by atoms with van der Waals surface area (Å²) in [6.45, 7) is 13.9. The molecule has 2 heterocycles. The van der Waals surface area contributed by atoms with Gasteiger partial charge in [-0.1, -0.05) is 163 Å². The molecular formula is C71H56F2N4. The monoisotopic (exact) mass is 1000 g/mol. The minimum Gasteiger partial charge on any atom is -0.295 e. The van der Waals surface area contributed by atoms with E-state index >= 15 is 0 Å². The first kappa shape index (κ1) is 47.7. The van der Waals surface area contributed by atoms with Gasteiger partial charge in [-0.05, 0) is 186 Å². The molecule has 0 fully saturated rings. The number of pyridine rings is 2. The predicted molar refractivity (Wildman–Crippen MR) is 315 cm³/mol. The number of hydrogen-bond acceptors (Lipinski definition) is 4. The van der Waals surface area contributed by atoms with Crippen molar-refractivity contribution in [3.8, 4) is 33.4 Å². The highest BCUT2D eigenvalue weighted by Crippen LogP contribution is 2.54. The van der Waals surface area contributed by atoms with E-state index in [9.17, 15) is 8.78 Å². The van der Waals surface area contributed by atoms with Crippen LogP contribution in [0.1, 0.15) is 97.2 Å². The van der Waals surface area contributed by atoms with Crippen LogP contribution in [0.3, 0.4) is 0 Å². The van der Waals surface area contributed by atoms with Crippen LogP contribution in [0.25, 0.3) is 57.7 Å². The van der Waals surface area contributed by atoms with Crippen molar-refractivity contribution in [2.45, 2.75) is 57.8 Å². The maximum Gasteiger partial charge on any atom is 0.137 e. The van der Waals surface area contributed by atoms with E-state index in [-0.39, 0.29) is 27.9 Å². The van der Waals surface area contributed by atoms with E-state index in [0.29, 0.717) is 0 Å². The second-order valence-corrected chi connectivity index (χ2v) is 22.2. The van der Waals surface area contributed by atoms with Crippen LogP contribution in [0.2, 0.25) is 0 Å². The minimum absolute atomic E-state index is 0.186. The maximum absolute atomic E-state index is 14.1. The number of benzene rings is 8. The van der Waals surface area contributed by atoms with Crippen molar-refractivity contribution in [2.75, 3.05) is 9.80 Å². The molecule has 4 nitrogen and oxygen atoms in total. The lowest BCUT2D eigenvalue weighted by atomic mass is 9.81. The van der Waals surface area contributed by atoms with Gasteiger partial charge in [0.2, 0.25) is 0 Å². The molecule has 0 N–H and O–H groups in total. The third-order valence-electron chi connectivity index (χ3n) is 16.5. The Morgan fingerprint density at radius 1 is 0.312 bits per heavy atom. The molecule has 8 aromatic carbocycles. The van der Waals surface area contributed by atoms with Crippen LogP contribution in [0.5, 0.6) is 0 Å². The van der Waals surface area contributed by atoms with Crippen molar-refractivity contribution >= 4 is 58.7 Å². The molecule has 0 saturated heterocycles. The standard InChI is InChI=1S/C71H56F2N4/c1-69(2)61-39-45(13-15-47-19-33-57-59-35-29-53(43-65(59)70(3,4)63(57)41-47)76(67-11-7-9-37-74-67)51-25-21-49(72)22-26-51)17-31-55(61)56-32-18-46(40-62(56)69)14-16-48-20-34-58-60-36-30-54(44-66(60)71(5,6)64(58)42-48)77(68-12-8-10-38-75-68)52-27-23-50(73)24-28-52/h7-44H,1-6H3/b15-13+,16-14+. The first-order valence-corrected chi connectivity index (χ1v) is 26.4. The van der Waals surface area contributed by atoms with Crippen LogP contribution in [0, 0.1) is 11.6 Å². The van der Waals surface area contributed by atoms with Gasteiger partial charge in [-0.2, -0.15) is 0 Å². The number of rotatable bonds is 10. The highest BCUT2D eigenvalue weighted by molar-refractivity contribution is 5.90. The molecule has 0 bridgehead atoms. The van der Waals surface area contributed by atoms with Gasteiger partial charge in [0.15, 0.2) is 0 Å². The fourth-order valence-electron chi connectivity index (χ4n) is 12.3. The molecule has 13 rings (SSSR count). The summed E-state index contributed by atoms with van der Waals surface area (Å²) < 4.78 is 28.1. The second kappa shape index (κ2) is 18.1. The van der Waals surface area contributed by atoms with Gasteiger partial charge in [0.1, 0.15) is 23.3 Å². The number of hydrogen-bond donors (Lipinski definition) is 0. The van der Waals surface area contributed by atoms with Crippen LogP contribution in [0.15, 0.2) is 207 Å². The van der Waals surface area contributed by atoms with E-state index < -0.39 is 0 Å². The Bertz CT molecular complexity index is 3760. The molecule has 3 aliphatic carbocycles. The SMILES string of the molecule is CC1(C)c2cc(/C=C/c3ccc4c(c3)C(C)(C)c3cc(N(c5ccc(F)cc5)c5ccccn5)ccc3-4)ccc2-c2ccc(/C=C/c3ccc4c(c3)C(C)(C)c3cc(N(c5ccc(F)cc5)c5ccccn5)ccc3-4)cc21. The Kier molecular flexibility index (Phi) is 11.2. The molecule has 6 heteroatoms. The average Bonchev–Trinajstić information content (AvgIpc) is 4.07. The Morgan fingerprint density at radius 3 is 0.870 bits per heavy atom. The summed E-state index contributed by atoms with van der Waals surface area (Å²) in [5.41, 5.74) is 22.9. The number of fused-ring (bicyclic) bond motifs is 9. The van der Waals surface area contributed by atoms with Crippen molar-refractivity contribution in [1.29, 1.82) is 0 Å². The fourth-order valence-corrected chi connectivity index (χ4v) is 12.3. The topological polar surface area (TPSA) is 32.3 Å². The van der Waals surface area contributed by atoms with Crippen LogP contribution in [-0.4, -0.2) is 9.97 Å². The zero-order chi connectivity index (χ0) is 52.8. The number of halogens is 2. The van der Waals surface area contributed by atoms with Crippen LogP contribution < -0.4 is 9.80 Å². The molecule has 374 valence electrons. The fraction of sp³-hybridized carbons (Fsp3) is 0.127. The lowest BCUT2D eigenvalue weighted by Gasteiger charge is -2.27. The molecule has 0 aliphatic heterocycles. The molecule has 0 radical (unpaired) electrons. The Morgan fingerprint density at radius 2 is 0.584 bits per heavy atom. The minimum atomic E-state index is -0.271. The van der Waals surface area contributed by atoms with Crippen LogP contribution in [-0.2, 0) is 16.2 Å². The molecule has 3 aliphatic rings. The molecule has 0 amide bonds. The van der Waals surface area contributed by atoms with Gasteiger partial charge in [0.05, 0.1) is 0 Å². The van der Waals surface area contributed by atoms with Gasteiger partial charge in [-0.3, -0.25) is 9.80 Å². The third-order valence-corrected chi connectivity index (χ3v) is 16.5. The van der Waals surface area contributed by atoms with E-state index in [0.717, 1.165) is 45.5 Å². The van der Waals surface area contributed by atoms with E-state index in [2.05, 4.69) is 195 Å². The summed E-state index contributed by atoms with van der Waals surface area (Å²) in [6.07, 6.45) is 12.6. The second-order valence-electron chi connectivity index (χ2n) is 22.2. The Labute approximate surface area is 450 Å². The molecule has 10 aromatic rings. The average molecular weight is 1000 g/mol. The molecule has 0 saturated carbocycles. The van der Waals surface area contributed by atoms with Gasteiger partial charge in [0.25, 0.3) is 0 Å². The smallest absolute Gasteiger partial charge is 0.137 e. The molecule has 0 unspecified atom stereocenters. The molecule has 2 aromatic heterocycles. The van der Waals surface area contributed by atoms with Crippen molar-refractivity contribution < 1.29 is 8.78 Å². The molecule has 0 spiro atoms. The summed E-state index contributed by atoms with van der Waals surface area (Å²) in [7, 11) is 0. The molecule has 0 atom stereocenters. The van der Waals surface area contributed by atoms with E-state index in [4.69, 9.17) is 0 Å². The normalized spacial score (nSPS) is 14.7. The summed E-state index contributed by atoms with van der Waals surface area (Å²) in [4.78, 5) is 13.5. The Hall–Kier alpha value is -9.00. The zero-order valence-electron chi connectivity index (χ0n) is 44.0. The van der Waals surface area contributed by atoms with Crippen molar-refractivity contribution in [3.05, 3.63) is 274 Å². The number of aromatic nitrogens is 2. The zero-order valence-corrected chi connectivity index (χ0v) is 44.0. The Balaban J connectivity index is 0.730. The summed E-state index contributed by atoms with van der Waals surface area (Å²) >= 11 is 0. The quantitative estimate of drug-likeness (QED) is 0.128. The summed E-state index contributed by atoms with van der Waals surface area (Å²) in [6, 6.07) is 65.7. The van der Waals surface area contributed by atoms with Crippen molar-refractivity contribution in [1.82, 2.24) is 9.97 Å².